The molecule has 0 spiro atoms. The number of rotatable bonds is 3. The van der Waals surface area contributed by atoms with Gasteiger partial charge >= 0.3 is 6.03 Å². The van der Waals surface area contributed by atoms with Crippen LogP contribution in [-0.4, -0.2) is 68.9 Å². The molecule has 156 valence electrons. The van der Waals surface area contributed by atoms with E-state index in [1.165, 1.54) is 19.3 Å². The number of fused-ring (bicyclic) bond motifs is 1. The van der Waals surface area contributed by atoms with E-state index in [-0.39, 0.29) is 6.03 Å². The van der Waals surface area contributed by atoms with Gasteiger partial charge in [0.1, 0.15) is 11.6 Å². The SMILES string of the molecule is CC(C)N1CCc2nnc(C3CCN(C(=O)NC4CCCCC4)CC3)n2CC1. The molecule has 7 heteroatoms. The molecule has 1 saturated carbocycles. The van der Waals surface area contributed by atoms with Gasteiger partial charge in [-0.3, -0.25) is 4.90 Å². The highest BCUT2D eigenvalue weighted by atomic mass is 16.2. The molecule has 1 N–H and O–H groups in total. The summed E-state index contributed by atoms with van der Waals surface area (Å²) in [6, 6.07) is 1.10. The van der Waals surface area contributed by atoms with Crippen molar-refractivity contribution in [3.05, 3.63) is 11.6 Å². The average Bonchev–Trinajstić information content (AvgIpc) is 2.99. The summed E-state index contributed by atoms with van der Waals surface area (Å²) < 4.78 is 2.37. The van der Waals surface area contributed by atoms with Crippen molar-refractivity contribution in [1.82, 2.24) is 29.9 Å². The van der Waals surface area contributed by atoms with Gasteiger partial charge < -0.3 is 14.8 Å². The van der Waals surface area contributed by atoms with E-state index in [1.807, 2.05) is 4.90 Å². The molecule has 2 fully saturated rings. The molecule has 3 aliphatic rings. The van der Waals surface area contributed by atoms with E-state index in [9.17, 15) is 4.79 Å². The minimum atomic E-state index is 0.137. The zero-order valence-electron chi connectivity index (χ0n) is 17.6. The van der Waals surface area contributed by atoms with Gasteiger partial charge in [0.15, 0.2) is 0 Å². The second-order valence-electron chi connectivity index (χ2n) is 9.05. The predicted octanol–water partition coefficient (Wildman–Crippen LogP) is 2.77. The molecular weight excluding hydrogens is 352 g/mol. The molecule has 3 heterocycles. The molecule has 7 nitrogen and oxygen atoms in total. The number of aromatic nitrogens is 3. The molecule has 1 saturated heterocycles. The number of nitrogens with one attached hydrogen (secondary N) is 1. The zero-order valence-corrected chi connectivity index (χ0v) is 17.6. The van der Waals surface area contributed by atoms with Crippen LogP contribution in [0.25, 0.3) is 0 Å². The quantitative estimate of drug-likeness (QED) is 0.865. The number of likely N-dealkylation sites (tertiary alicyclic amines) is 1. The van der Waals surface area contributed by atoms with Crippen LogP contribution in [0.5, 0.6) is 0 Å². The molecule has 0 unspecified atom stereocenters. The second kappa shape index (κ2) is 8.80. The monoisotopic (exact) mass is 388 g/mol. The molecular formula is C21H36N6O. The Kier molecular flexibility index (Phi) is 6.19. The minimum absolute atomic E-state index is 0.137. The number of carbonyl (C=O) groups excluding carboxylic acids is 1. The molecule has 0 aromatic carbocycles. The minimum Gasteiger partial charge on any atom is -0.335 e. The Balaban J connectivity index is 1.32. The van der Waals surface area contributed by atoms with Crippen molar-refractivity contribution in [3.63, 3.8) is 0 Å². The molecule has 28 heavy (non-hydrogen) atoms. The van der Waals surface area contributed by atoms with E-state index in [0.29, 0.717) is 18.0 Å². The summed E-state index contributed by atoms with van der Waals surface area (Å²) in [5.74, 6) is 2.70. The summed E-state index contributed by atoms with van der Waals surface area (Å²) in [7, 11) is 0. The average molecular weight is 389 g/mol. The zero-order chi connectivity index (χ0) is 19.5. The lowest BCUT2D eigenvalue weighted by atomic mass is 9.95. The second-order valence-corrected chi connectivity index (χ2v) is 9.05. The summed E-state index contributed by atoms with van der Waals surface area (Å²) in [5, 5.41) is 12.3. The van der Waals surface area contributed by atoms with Crippen LogP contribution in [0.4, 0.5) is 4.79 Å². The van der Waals surface area contributed by atoms with Gasteiger partial charge in [-0.15, -0.1) is 10.2 Å². The number of hydrogen-bond donors (Lipinski definition) is 1. The van der Waals surface area contributed by atoms with E-state index < -0.39 is 0 Å². The van der Waals surface area contributed by atoms with Crippen molar-refractivity contribution >= 4 is 6.03 Å². The molecule has 0 bridgehead atoms. The van der Waals surface area contributed by atoms with Crippen molar-refractivity contribution in [2.24, 2.45) is 0 Å². The predicted molar refractivity (Wildman–Crippen MR) is 109 cm³/mol. The molecule has 2 aliphatic heterocycles. The number of hydrogen-bond acceptors (Lipinski definition) is 4. The summed E-state index contributed by atoms with van der Waals surface area (Å²) in [6.45, 7) is 9.29. The molecule has 0 radical (unpaired) electrons. The third kappa shape index (κ3) is 4.34. The number of urea groups is 1. The lowest BCUT2D eigenvalue weighted by molar-refractivity contribution is 0.172. The van der Waals surface area contributed by atoms with E-state index in [2.05, 4.69) is 38.8 Å². The molecule has 1 aliphatic carbocycles. The highest BCUT2D eigenvalue weighted by molar-refractivity contribution is 5.74. The van der Waals surface area contributed by atoms with E-state index >= 15 is 0 Å². The summed E-state index contributed by atoms with van der Waals surface area (Å²) >= 11 is 0. The largest absolute Gasteiger partial charge is 0.335 e. The summed E-state index contributed by atoms with van der Waals surface area (Å²) in [6.07, 6.45) is 9.05. The van der Waals surface area contributed by atoms with Gasteiger partial charge in [0.25, 0.3) is 0 Å². The van der Waals surface area contributed by atoms with Crippen molar-refractivity contribution in [3.8, 4) is 0 Å². The maximum Gasteiger partial charge on any atom is 0.317 e. The van der Waals surface area contributed by atoms with Crippen LogP contribution in [0.3, 0.4) is 0 Å². The first kappa shape index (κ1) is 19.7. The molecule has 1 aromatic rings. The lowest BCUT2D eigenvalue weighted by Gasteiger charge is -2.33. The third-order valence-electron chi connectivity index (χ3n) is 6.90. The van der Waals surface area contributed by atoms with Gasteiger partial charge in [-0.25, -0.2) is 4.79 Å². The number of piperidine rings is 1. The van der Waals surface area contributed by atoms with Gasteiger partial charge in [0, 0.05) is 57.1 Å². The highest BCUT2D eigenvalue weighted by Gasteiger charge is 2.30. The van der Waals surface area contributed by atoms with Crippen LogP contribution >= 0.6 is 0 Å². The van der Waals surface area contributed by atoms with E-state index in [1.54, 1.807) is 0 Å². The molecule has 0 atom stereocenters. The Morgan fingerprint density at radius 2 is 1.71 bits per heavy atom. The molecule has 2 amide bonds. The van der Waals surface area contributed by atoms with Crippen LogP contribution in [0.15, 0.2) is 0 Å². The van der Waals surface area contributed by atoms with Crippen LogP contribution in [-0.2, 0) is 13.0 Å². The highest BCUT2D eigenvalue weighted by Crippen LogP contribution is 2.28. The molecule has 4 rings (SSSR count). The lowest BCUT2D eigenvalue weighted by Crippen LogP contribution is -2.48. The molecule has 1 aromatic heterocycles. The van der Waals surface area contributed by atoms with Crippen molar-refractivity contribution in [2.45, 2.75) is 89.8 Å². The summed E-state index contributed by atoms with van der Waals surface area (Å²) in [4.78, 5) is 17.1. The fourth-order valence-electron chi connectivity index (χ4n) is 5.03. The van der Waals surface area contributed by atoms with E-state index in [0.717, 1.165) is 76.5 Å². The van der Waals surface area contributed by atoms with Gasteiger partial charge in [0.05, 0.1) is 0 Å². The normalized spacial score (nSPS) is 22.9. The van der Waals surface area contributed by atoms with Crippen molar-refractivity contribution in [1.29, 1.82) is 0 Å². The smallest absolute Gasteiger partial charge is 0.317 e. The van der Waals surface area contributed by atoms with Crippen LogP contribution in [0, 0.1) is 0 Å². The number of nitrogens with zero attached hydrogens (tertiary/aromatic N) is 5. The Hall–Kier alpha value is -1.63. The number of amides is 2. The summed E-state index contributed by atoms with van der Waals surface area (Å²) in [5.41, 5.74) is 0. The Labute approximate surface area is 168 Å². The maximum absolute atomic E-state index is 12.6. The van der Waals surface area contributed by atoms with E-state index in [4.69, 9.17) is 0 Å². The Morgan fingerprint density at radius 3 is 2.43 bits per heavy atom. The van der Waals surface area contributed by atoms with Crippen molar-refractivity contribution < 1.29 is 4.79 Å². The topological polar surface area (TPSA) is 66.3 Å². The maximum atomic E-state index is 12.6. The van der Waals surface area contributed by atoms with Crippen molar-refractivity contribution in [2.75, 3.05) is 26.2 Å². The van der Waals surface area contributed by atoms with Gasteiger partial charge in [-0.1, -0.05) is 19.3 Å². The number of carbonyl (C=O) groups is 1. The first-order valence-corrected chi connectivity index (χ1v) is 11.3. The standard InChI is InChI=1S/C21H36N6O/c1-16(2)25-13-10-19-23-24-20(27(19)15-14-25)17-8-11-26(12-9-17)21(28)22-18-6-4-3-5-7-18/h16-18H,3-15H2,1-2H3,(H,22,28). The van der Waals surface area contributed by atoms with Gasteiger partial charge in [0.2, 0.25) is 0 Å². The Bertz CT molecular complexity index is 658. The fraction of sp³-hybridized carbons (Fsp3) is 0.857. The van der Waals surface area contributed by atoms with Gasteiger partial charge in [-0.2, -0.15) is 0 Å². The fourth-order valence-corrected chi connectivity index (χ4v) is 5.03. The van der Waals surface area contributed by atoms with Crippen LogP contribution in [0.2, 0.25) is 0 Å². The third-order valence-corrected chi connectivity index (χ3v) is 6.90. The Morgan fingerprint density at radius 1 is 0.964 bits per heavy atom. The first-order chi connectivity index (χ1) is 13.6. The van der Waals surface area contributed by atoms with Gasteiger partial charge in [-0.05, 0) is 39.5 Å². The van der Waals surface area contributed by atoms with Crippen LogP contribution < -0.4 is 5.32 Å². The van der Waals surface area contributed by atoms with Crippen LogP contribution in [0.1, 0.15) is 76.4 Å². The first-order valence-electron chi connectivity index (χ1n) is 11.3.